The van der Waals surface area contributed by atoms with E-state index < -0.39 is 27.5 Å². The van der Waals surface area contributed by atoms with E-state index in [2.05, 4.69) is 15.9 Å². The predicted octanol–water partition coefficient (Wildman–Crippen LogP) is 4.30. The molecule has 3 rings (SSSR count). The molecule has 2 amide bonds. The second-order valence-electron chi connectivity index (χ2n) is 4.98. The number of benzene rings is 2. The minimum atomic E-state index is -0.729. The first-order valence-corrected chi connectivity index (χ1v) is 8.49. The van der Waals surface area contributed by atoms with Gasteiger partial charge in [-0.25, -0.2) is 4.90 Å². The fourth-order valence-corrected chi connectivity index (χ4v) is 3.55. The van der Waals surface area contributed by atoms with Crippen LogP contribution < -0.4 is 4.90 Å². The third kappa shape index (κ3) is 3.28. The SMILES string of the molecule is O=C1S/C(=C/c2cc(Br)c(O)c([N+](=O)[O-])c2)C(=O)N1c1ccccc1. The van der Waals surface area contributed by atoms with E-state index in [1.165, 1.54) is 12.1 Å². The third-order valence-electron chi connectivity index (χ3n) is 3.37. The van der Waals surface area contributed by atoms with Gasteiger partial charge in [0.15, 0.2) is 0 Å². The number of carbonyl (C=O) groups excluding carboxylic acids is 2. The van der Waals surface area contributed by atoms with Crippen LogP contribution in [-0.2, 0) is 4.79 Å². The van der Waals surface area contributed by atoms with Crippen LogP contribution in [0.15, 0.2) is 51.8 Å². The van der Waals surface area contributed by atoms with Crippen molar-refractivity contribution in [2.45, 2.75) is 0 Å². The molecule has 1 heterocycles. The highest BCUT2D eigenvalue weighted by molar-refractivity contribution is 9.10. The fourth-order valence-electron chi connectivity index (χ4n) is 2.25. The molecule has 0 spiro atoms. The molecule has 126 valence electrons. The van der Waals surface area contributed by atoms with E-state index in [4.69, 9.17) is 0 Å². The number of halogens is 1. The molecule has 1 fully saturated rings. The van der Waals surface area contributed by atoms with Crippen LogP contribution in [0.3, 0.4) is 0 Å². The van der Waals surface area contributed by atoms with Crippen LogP contribution in [0.2, 0.25) is 0 Å². The van der Waals surface area contributed by atoms with Gasteiger partial charge in [0.25, 0.3) is 11.1 Å². The normalized spacial score (nSPS) is 15.9. The lowest BCUT2D eigenvalue weighted by atomic mass is 10.1. The molecule has 1 aliphatic rings. The zero-order valence-corrected chi connectivity index (χ0v) is 14.8. The Balaban J connectivity index is 1.99. The van der Waals surface area contributed by atoms with Gasteiger partial charge in [0.1, 0.15) is 0 Å². The largest absolute Gasteiger partial charge is 0.501 e. The highest BCUT2D eigenvalue weighted by atomic mass is 79.9. The smallest absolute Gasteiger partial charge is 0.312 e. The van der Waals surface area contributed by atoms with Gasteiger partial charge >= 0.3 is 5.69 Å². The van der Waals surface area contributed by atoms with Crippen molar-refractivity contribution in [3.8, 4) is 5.75 Å². The van der Waals surface area contributed by atoms with Gasteiger partial charge in [0, 0.05) is 6.07 Å². The van der Waals surface area contributed by atoms with E-state index in [9.17, 15) is 24.8 Å². The second kappa shape index (κ2) is 6.69. The van der Waals surface area contributed by atoms with Gasteiger partial charge in [-0.3, -0.25) is 19.7 Å². The highest BCUT2D eigenvalue weighted by Crippen LogP contribution is 2.39. The molecule has 9 heteroatoms. The average Bonchev–Trinajstić information content (AvgIpc) is 2.85. The predicted molar refractivity (Wildman–Crippen MR) is 97.4 cm³/mol. The summed E-state index contributed by atoms with van der Waals surface area (Å²) in [6.45, 7) is 0. The summed E-state index contributed by atoms with van der Waals surface area (Å²) in [4.78, 5) is 36.1. The van der Waals surface area contributed by atoms with Gasteiger partial charge < -0.3 is 5.11 Å². The number of aromatic hydroxyl groups is 1. The van der Waals surface area contributed by atoms with Crippen molar-refractivity contribution in [1.82, 2.24) is 0 Å². The number of hydrogen-bond acceptors (Lipinski definition) is 6. The molecular weight excluding hydrogens is 412 g/mol. The lowest BCUT2D eigenvalue weighted by Gasteiger charge is -2.11. The van der Waals surface area contributed by atoms with E-state index in [0.29, 0.717) is 11.3 Å². The Morgan fingerprint density at radius 2 is 1.88 bits per heavy atom. The lowest BCUT2D eigenvalue weighted by Crippen LogP contribution is -2.27. The molecule has 0 atom stereocenters. The zero-order valence-electron chi connectivity index (χ0n) is 12.4. The first-order chi connectivity index (χ1) is 11.9. The monoisotopic (exact) mass is 420 g/mol. The van der Waals surface area contributed by atoms with Gasteiger partial charge in [-0.1, -0.05) is 18.2 Å². The van der Waals surface area contributed by atoms with Crippen LogP contribution in [0, 0.1) is 10.1 Å². The number of carbonyl (C=O) groups is 2. The molecule has 1 saturated heterocycles. The number of nitrogens with zero attached hydrogens (tertiary/aromatic N) is 2. The molecule has 7 nitrogen and oxygen atoms in total. The van der Waals surface area contributed by atoms with Gasteiger partial charge in [-0.2, -0.15) is 0 Å². The Morgan fingerprint density at radius 3 is 2.52 bits per heavy atom. The first-order valence-electron chi connectivity index (χ1n) is 6.88. The maximum absolute atomic E-state index is 12.5. The number of imide groups is 1. The number of nitro groups is 1. The number of para-hydroxylation sites is 1. The summed E-state index contributed by atoms with van der Waals surface area (Å²) in [5.41, 5.74) is 0.268. The van der Waals surface area contributed by atoms with Crippen molar-refractivity contribution in [2.24, 2.45) is 0 Å². The molecule has 2 aromatic rings. The van der Waals surface area contributed by atoms with Crippen LogP contribution in [0.4, 0.5) is 16.2 Å². The van der Waals surface area contributed by atoms with Crippen LogP contribution in [0.1, 0.15) is 5.56 Å². The summed E-state index contributed by atoms with van der Waals surface area (Å²) in [6, 6.07) is 11.0. The number of anilines is 1. The summed E-state index contributed by atoms with van der Waals surface area (Å²) in [6.07, 6.45) is 1.38. The summed E-state index contributed by atoms with van der Waals surface area (Å²) in [5.74, 6) is -1.01. The van der Waals surface area contributed by atoms with E-state index in [1.807, 2.05) is 0 Å². The Kier molecular flexibility index (Phi) is 4.60. The van der Waals surface area contributed by atoms with Gasteiger partial charge in [0.2, 0.25) is 5.75 Å². The summed E-state index contributed by atoms with van der Waals surface area (Å²) in [7, 11) is 0. The number of hydrogen-bond donors (Lipinski definition) is 1. The molecule has 0 aliphatic carbocycles. The average molecular weight is 421 g/mol. The number of phenolic OH excluding ortho intramolecular Hbond substituents is 1. The Bertz CT molecular complexity index is 930. The van der Waals surface area contributed by atoms with Gasteiger partial charge in [-0.05, 0) is 57.5 Å². The quantitative estimate of drug-likeness (QED) is 0.451. The van der Waals surface area contributed by atoms with Crippen LogP contribution in [-0.4, -0.2) is 21.2 Å². The molecule has 1 N–H and O–H groups in total. The van der Waals surface area contributed by atoms with Crippen molar-refractivity contribution in [2.75, 3.05) is 4.90 Å². The molecule has 0 bridgehead atoms. The first kappa shape index (κ1) is 17.2. The van der Waals surface area contributed by atoms with Gasteiger partial charge in [0.05, 0.1) is 20.0 Å². The topological polar surface area (TPSA) is 101 Å². The number of amides is 2. The van der Waals surface area contributed by atoms with Crippen molar-refractivity contribution in [3.63, 3.8) is 0 Å². The van der Waals surface area contributed by atoms with Crippen molar-refractivity contribution < 1.29 is 19.6 Å². The van der Waals surface area contributed by atoms with Crippen molar-refractivity contribution in [1.29, 1.82) is 0 Å². The van der Waals surface area contributed by atoms with Crippen LogP contribution >= 0.6 is 27.7 Å². The maximum atomic E-state index is 12.5. The molecular formula is C16H9BrN2O5S. The standard InChI is InChI=1S/C16H9BrN2O5S/c17-11-6-9(7-12(14(11)20)19(23)24)8-13-15(21)18(16(22)25-13)10-4-2-1-3-5-10/h1-8,20H/b13-8+. The van der Waals surface area contributed by atoms with E-state index in [0.717, 1.165) is 22.7 Å². The molecule has 2 aromatic carbocycles. The molecule has 0 saturated carbocycles. The minimum Gasteiger partial charge on any atom is -0.501 e. The Morgan fingerprint density at radius 1 is 1.20 bits per heavy atom. The number of rotatable bonds is 3. The summed E-state index contributed by atoms with van der Waals surface area (Å²) >= 11 is 3.78. The van der Waals surface area contributed by atoms with E-state index in [1.54, 1.807) is 30.3 Å². The van der Waals surface area contributed by atoms with Crippen LogP contribution in [0.5, 0.6) is 5.75 Å². The summed E-state index contributed by atoms with van der Waals surface area (Å²) < 4.78 is 0.121. The zero-order chi connectivity index (χ0) is 18.1. The number of thioether (sulfide) groups is 1. The highest BCUT2D eigenvalue weighted by Gasteiger charge is 2.36. The molecule has 0 radical (unpaired) electrons. The van der Waals surface area contributed by atoms with Gasteiger partial charge in [-0.15, -0.1) is 0 Å². The van der Waals surface area contributed by atoms with E-state index in [-0.39, 0.29) is 9.38 Å². The Labute approximate surface area is 154 Å². The molecule has 1 aliphatic heterocycles. The second-order valence-corrected chi connectivity index (χ2v) is 6.83. The van der Waals surface area contributed by atoms with Crippen molar-refractivity contribution >= 4 is 56.3 Å². The molecule has 0 aromatic heterocycles. The van der Waals surface area contributed by atoms with E-state index >= 15 is 0 Å². The summed E-state index contributed by atoms with van der Waals surface area (Å²) in [5, 5.41) is 20.2. The molecule has 0 unspecified atom stereocenters. The number of phenols is 1. The Hall–Kier alpha value is -2.65. The third-order valence-corrected chi connectivity index (χ3v) is 4.84. The van der Waals surface area contributed by atoms with Crippen LogP contribution in [0.25, 0.3) is 6.08 Å². The van der Waals surface area contributed by atoms with Crippen molar-refractivity contribution in [3.05, 3.63) is 67.5 Å². The number of nitro benzene ring substituents is 1. The maximum Gasteiger partial charge on any atom is 0.312 e. The fraction of sp³-hybridized carbons (Fsp3) is 0. The minimum absolute atomic E-state index is 0.121. The molecule has 25 heavy (non-hydrogen) atoms. The lowest BCUT2D eigenvalue weighted by molar-refractivity contribution is -0.386.